The number of ether oxygens (including phenoxy) is 1. The van der Waals surface area contributed by atoms with Crippen LogP contribution in [0.4, 0.5) is 13.2 Å². The molecular formula is C21H22ClF3N2O2. The Morgan fingerprint density at radius 1 is 1.24 bits per heavy atom. The Balaban J connectivity index is 1.73. The molecule has 1 aliphatic carbocycles. The molecule has 1 aromatic heterocycles. The summed E-state index contributed by atoms with van der Waals surface area (Å²) in [5.41, 5.74) is -0.547. The third-order valence-electron chi connectivity index (χ3n) is 5.21. The maximum Gasteiger partial charge on any atom is 0.433 e. The van der Waals surface area contributed by atoms with Gasteiger partial charge >= 0.3 is 6.18 Å². The minimum absolute atomic E-state index is 0.0525. The predicted molar refractivity (Wildman–Crippen MR) is 104 cm³/mol. The van der Waals surface area contributed by atoms with Crippen LogP contribution in [0.3, 0.4) is 0 Å². The number of carbonyl (C=O) groups is 1. The number of hydrogen-bond acceptors (Lipinski definition) is 3. The molecule has 156 valence electrons. The fraction of sp³-hybridized carbons (Fsp3) is 0.429. The lowest BCUT2D eigenvalue weighted by Crippen LogP contribution is -2.49. The summed E-state index contributed by atoms with van der Waals surface area (Å²) in [5, 5.41) is 3.75. The summed E-state index contributed by atoms with van der Waals surface area (Å²) in [4.78, 5) is 15.5. The van der Waals surface area contributed by atoms with Gasteiger partial charge in [0.1, 0.15) is 11.4 Å². The minimum atomic E-state index is -4.51. The normalized spacial score (nSPS) is 22.2. The van der Waals surface area contributed by atoms with E-state index in [0.29, 0.717) is 37.1 Å². The zero-order chi connectivity index (χ0) is 21.1. The second kappa shape index (κ2) is 8.61. The van der Waals surface area contributed by atoms with Crippen molar-refractivity contribution in [2.75, 3.05) is 0 Å². The van der Waals surface area contributed by atoms with Crippen molar-refractivity contribution in [1.29, 1.82) is 0 Å². The van der Waals surface area contributed by atoms with Gasteiger partial charge in [-0.05, 0) is 49.4 Å². The molecule has 0 unspecified atom stereocenters. The van der Waals surface area contributed by atoms with Crippen molar-refractivity contribution in [1.82, 2.24) is 10.3 Å². The Hall–Kier alpha value is -2.28. The van der Waals surface area contributed by atoms with Gasteiger partial charge in [-0.1, -0.05) is 30.7 Å². The van der Waals surface area contributed by atoms with Crippen molar-refractivity contribution < 1.29 is 22.7 Å². The molecule has 3 rings (SSSR count). The fourth-order valence-corrected chi connectivity index (χ4v) is 3.77. The van der Waals surface area contributed by atoms with Gasteiger partial charge in [0.05, 0.1) is 11.6 Å². The Bertz CT molecular complexity index is 848. The average Bonchev–Trinajstić information content (AvgIpc) is 2.69. The molecule has 0 aliphatic heterocycles. The largest absolute Gasteiger partial charge is 0.490 e. The van der Waals surface area contributed by atoms with Crippen LogP contribution in [0.25, 0.3) is 0 Å². The van der Waals surface area contributed by atoms with Gasteiger partial charge in [0.15, 0.2) is 0 Å². The maximum atomic E-state index is 12.9. The Morgan fingerprint density at radius 3 is 2.48 bits per heavy atom. The molecule has 0 atom stereocenters. The number of nitrogens with zero attached hydrogens (tertiary/aromatic N) is 1. The highest BCUT2D eigenvalue weighted by molar-refractivity contribution is 6.30. The molecule has 0 radical (unpaired) electrons. The molecule has 1 amide bonds. The van der Waals surface area contributed by atoms with Crippen LogP contribution in [0, 0.1) is 0 Å². The van der Waals surface area contributed by atoms with E-state index in [4.69, 9.17) is 16.3 Å². The molecule has 0 bridgehead atoms. The van der Waals surface area contributed by atoms with Gasteiger partial charge < -0.3 is 10.1 Å². The van der Waals surface area contributed by atoms with Gasteiger partial charge in [0.2, 0.25) is 5.91 Å². The van der Waals surface area contributed by atoms with E-state index >= 15 is 0 Å². The Morgan fingerprint density at radius 2 is 1.90 bits per heavy atom. The summed E-state index contributed by atoms with van der Waals surface area (Å²) >= 11 is 5.99. The van der Waals surface area contributed by atoms with Crippen molar-refractivity contribution in [3.8, 4) is 5.75 Å². The molecule has 29 heavy (non-hydrogen) atoms. The van der Waals surface area contributed by atoms with E-state index in [-0.39, 0.29) is 17.8 Å². The van der Waals surface area contributed by atoms with Gasteiger partial charge in [0.25, 0.3) is 0 Å². The molecule has 1 aromatic carbocycles. The highest BCUT2D eigenvalue weighted by atomic mass is 35.5. The van der Waals surface area contributed by atoms with E-state index in [1.807, 2.05) is 12.1 Å². The third kappa shape index (κ3) is 5.21. The second-order valence-corrected chi connectivity index (χ2v) is 7.62. The van der Waals surface area contributed by atoms with E-state index < -0.39 is 17.4 Å². The van der Waals surface area contributed by atoms with E-state index in [1.54, 1.807) is 19.1 Å². The molecule has 1 aliphatic rings. The van der Waals surface area contributed by atoms with Crippen molar-refractivity contribution in [2.45, 2.75) is 56.8 Å². The van der Waals surface area contributed by atoms with Crippen molar-refractivity contribution >= 4 is 17.5 Å². The second-order valence-electron chi connectivity index (χ2n) is 7.18. The van der Waals surface area contributed by atoms with Crippen LogP contribution in [0.5, 0.6) is 5.75 Å². The number of hydrogen-bond donors (Lipinski definition) is 1. The van der Waals surface area contributed by atoms with Crippen LogP contribution in [0.15, 0.2) is 42.6 Å². The number of carbonyl (C=O) groups excluding carboxylic acids is 1. The first-order valence-electron chi connectivity index (χ1n) is 9.49. The van der Waals surface area contributed by atoms with Crippen LogP contribution in [-0.4, -0.2) is 17.0 Å². The molecule has 2 aromatic rings. The number of aromatic nitrogens is 1. The first-order chi connectivity index (χ1) is 13.7. The number of amides is 1. The van der Waals surface area contributed by atoms with Gasteiger partial charge in [-0.3, -0.25) is 9.78 Å². The number of alkyl halides is 3. The molecule has 0 saturated heterocycles. The molecule has 1 fully saturated rings. The molecule has 1 saturated carbocycles. The molecule has 4 nitrogen and oxygen atoms in total. The minimum Gasteiger partial charge on any atom is -0.490 e. The lowest BCUT2D eigenvalue weighted by molar-refractivity contribution is -0.141. The first kappa shape index (κ1) is 21.4. The number of benzene rings is 1. The summed E-state index contributed by atoms with van der Waals surface area (Å²) in [5.74, 6) is 0.0946. The number of pyridine rings is 1. The highest BCUT2D eigenvalue weighted by Gasteiger charge is 2.39. The third-order valence-corrected chi connectivity index (χ3v) is 5.46. The Kier molecular flexibility index (Phi) is 6.36. The van der Waals surface area contributed by atoms with Crippen molar-refractivity contribution in [2.24, 2.45) is 0 Å². The van der Waals surface area contributed by atoms with Crippen LogP contribution < -0.4 is 10.1 Å². The molecular weight excluding hydrogens is 405 g/mol. The predicted octanol–water partition coefficient (Wildman–Crippen LogP) is 5.50. The van der Waals surface area contributed by atoms with Gasteiger partial charge in [-0.2, -0.15) is 13.2 Å². The fourth-order valence-electron chi connectivity index (χ4n) is 3.64. The van der Waals surface area contributed by atoms with Gasteiger partial charge in [-0.25, -0.2) is 0 Å². The van der Waals surface area contributed by atoms with Crippen molar-refractivity contribution in [3.63, 3.8) is 0 Å². The summed E-state index contributed by atoms with van der Waals surface area (Å²) in [6, 6.07) is 9.72. The van der Waals surface area contributed by atoms with Crippen LogP contribution in [-0.2, 0) is 16.5 Å². The molecule has 0 spiro atoms. The van der Waals surface area contributed by atoms with Crippen molar-refractivity contribution in [3.05, 3.63) is 58.9 Å². The number of nitrogens with one attached hydrogen (secondary N) is 1. The molecule has 1 N–H and O–H groups in total. The lowest BCUT2D eigenvalue weighted by atomic mass is 9.75. The zero-order valence-electron chi connectivity index (χ0n) is 15.9. The van der Waals surface area contributed by atoms with Gasteiger partial charge in [-0.15, -0.1) is 0 Å². The van der Waals surface area contributed by atoms with E-state index in [0.717, 1.165) is 17.8 Å². The quantitative estimate of drug-likeness (QED) is 0.687. The topological polar surface area (TPSA) is 51.2 Å². The zero-order valence-corrected chi connectivity index (χ0v) is 16.7. The monoisotopic (exact) mass is 426 g/mol. The summed E-state index contributed by atoms with van der Waals surface area (Å²) in [7, 11) is 0. The summed E-state index contributed by atoms with van der Waals surface area (Å²) in [6.07, 6.45) is -0.873. The maximum absolute atomic E-state index is 12.9. The standard InChI is InChI=1S/C21H22ClF3N2O2/c1-2-19(28)27-20(14-3-5-15(22)6-4-14)10-7-16(8-11-20)29-17-9-12-26-18(13-17)21(23,24)25/h3-6,9,12-13,16H,2,7-8,10-11H2,1H3,(H,27,28). The first-order valence-corrected chi connectivity index (χ1v) is 9.86. The van der Waals surface area contributed by atoms with Crippen LogP contribution in [0.1, 0.15) is 50.3 Å². The Labute approximate surface area is 172 Å². The molecule has 1 heterocycles. The number of halogens is 4. The van der Waals surface area contributed by atoms with Gasteiger partial charge in [0, 0.05) is 23.7 Å². The SMILES string of the molecule is CCC(=O)NC1(c2ccc(Cl)cc2)CCC(Oc2ccnc(C(F)(F)F)c2)CC1. The average molecular weight is 427 g/mol. The van der Waals surface area contributed by atoms with E-state index in [2.05, 4.69) is 10.3 Å². The van der Waals surface area contributed by atoms with E-state index in [9.17, 15) is 18.0 Å². The summed E-state index contributed by atoms with van der Waals surface area (Å²) < 4.78 is 44.4. The van der Waals surface area contributed by atoms with E-state index in [1.165, 1.54) is 6.07 Å². The van der Waals surface area contributed by atoms with Crippen LogP contribution in [0.2, 0.25) is 5.02 Å². The number of rotatable bonds is 5. The molecule has 8 heteroatoms. The summed E-state index contributed by atoms with van der Waals surface area (Å²) in [6.45, 7) is 1.79. The lowest BCUT2D eigenvalue weighted by Gasteiger charge is -2.41. The smallest absolute Gasteiger partial charge is 0.433 e. The van der Waals surface area contributed by atoms with Crippen LogP contribution >= 0.6 is 11.6 Å². The highest BCUT2D eigenvalue weighted by Crippen LogP contribution is 2.39.